The molecule has 2 aliphatic heterocycles. The molecule has 218 valence electrons. The third-order valence-corrected chi connectivity index (χ3v) is 9.08. The predicted octanol–water partition coefficient (Wildman–Crippen LogP) is 5.61. The molecule has 1 saturated heterocycles. The maximum Gasteiger partial charge on any atom is 0.417 e. The summed E-state index contributed by atoms with van der Waals surface area (Å²) < 4.78 is 65.3. The lowest BCUT2D eigenvalue weighted by atomic mass is 9.96. The van der Waals surface area contributed by atoms with E-state index >= 15 is 0 Å². The lowest BCUT2D eigenvalue weighted by Gasteiger charge is -2.44. The summed E-state index contributed by atoms with van der Waals surface area (Å²) in [5, 5.41) is -0.172. The number of carbonyl (C=O) groups is 1. The molecule has 0 spiro atoms. The molecule has 0 saturated carbocycles. The normalized spacial score (nSPS) is 21.2. The number of carbonyl (C=O) groups excluding carboxylic acids is 1. The van der Waals surface area contributed by atoms with E-state index in [1.165, 1.54) is 23.8 Å². The minimum atomic E-state index is -4.80. The summed E-state index contributed by atoms with van der Waals surface area (Å²) in [6.07, 6.45) is -4.06. The van der Waals surface area contributed by atoms with Gasteiger partial charge in [0.25, 0.3) is 0 Å². The zero-order valence-electron chi connectivity index (χ0n) is 22.5. The number of thioether (sulfide) groups is 1. The van der Waals surface area contributed by atoms with Gasteiger partial charge in [0.2, 0.25) is 5.91 Å². The van der Waals surface area contributed by atoms with Gasteiger partial charge in [0, 0.05) is 53.9 Å². The molecule has 1 aromatic heterocycles. The molecule has 0 unspecified atom stereocenters. The lowest BCUT2D eigenvalue weighted by molar-refractivity contribution is -0.137. The van der Waals surface area contributed by atoms with Crippen molar-refractivity contribution >= 4 is 46.0 Å². The zero-order chi connectivity index (χ0) is 29.8. The highest BCUT2D eigenvalue weighted by Crippen LogP contribution is 2.49. The van der Waals surface area contributed by atoms with Crippen molar-refractivity contribution in [3.05, 3.63) is 63.8 Å². The third kappa shape index (κ3) is 5.21. The van der Waals surface area contributed by atoms with E-state index in [9.17, 15) is 27.2 Å². The maximum atomic E-state index is 14.8. The minimum absolute atomic E-state index is 0.0693. The van der Waals surface area contributed by atoms with Gasteiger partial charge in [-0.15, -0.1) is 11.8 Å². The summed E-state index contributed by atoms with van der Waals surface area (Å²) in [4.78, 5) is 33.9. The second-order valence-corrected chi connectivity index (χ2v) is 11.6. The van der Waals surface area contributed by atoms with E-state index in [2.05, 4.69) is 11.6 Å². The fraction of sp³-hybridized carbons (Fsp3) is 0.393. The number of ether oxygens (including phenoxy) is 1. The second kappa shape index (κ2) is 11.0. The van der Waals surface area contributed by atoms with Gasteiger partial charge in [-0.25, -0.2) is 9.18 Å². The van der Waals surface area contributed by atoms with Gasteiger partial charge >= 0.3 is 11.9 Å². The molecular formula is C28H27ClF4N4O3S. The molecule has 3 aromatic rings. The molecule has 5 rings (SSSR count). The van der Waals surface area contributed by atoms with Gasteiger partial charge in [0.15, 0.2) is 0 Å². The Bertz CT molecular complexity index is 1610. The van der Waals surface area contributed by atoms with Gasteiger partial charge in [0.05, 0.1) is 28.8 Å². The van der Waals surface area contributed by atoms with Crippen LogP contribution < -0.4 is 10.6 Å². The maximum absolute atomic E-state index is 14.8. The molecule has 3 heterocycles. The first-order chi connectivity index (χ1) is 19.3. The van der Waals surface area contributed by atoms with Crippen LogP contribution in [-0.2, 0) is 22.3 Å². The highest BCUT2D eigenvalue weighted by atomic mass is 35.5. The number of halogens is 5. The molecule has 1 amide bonds. The van der Waals surface area contributed by atoms with Gasteiger partial charge in [-0.05, 0) is 43.7 Å². The number of rotatable bonds is 4. The molecular weight excluding hydrogens is 584 g/mol. The molecule has 0 radical (unpaired) electrons. The third-order valence-electron chi connectivity index (χ3n) is 7.56. The van der Waals surface area contributed by atoms with Gasteiger partial charge in [-0.2, -0.15) is 18.2 Å². The predicted molar refractivity (Wildman–Crippen MR) is 151 cm³/mol. The van der Waals surface area contributed by atoms with Crippen LogP contribution in [-0.4, -0.2) is 64.5 Å². The molecule has 13 heteroatoms. The first kappa shape index (κ1) is 29.4. The molecule has 0 N–H and O–H groups in total. The van der Waals surface area contributed by atoms with Gasteiger partial charge in [0.1, 0.15) is 11.6 Å². The topological polar surface area (TPSA) is 67.7 Å². The number of nitrogens with zero attached hydrogens (tertiary/aromatic N) is 4. The van der Waals surface area contributed by atoms with Crippen molar-refractivity contribution in [2.75, 3.05) is 30.9 Å². The SMILES string of the molecule is C=CC(=O)N1C[C@H](C)N(c2nc(=O)n3c4c(c(-c5ccc(F)c(Cl)c5)c(C(F)(F)F)cc24)SC[C@@H](OC)C3)C[C@H]1C. The smallest absolute Gasteiger partial charge is 0.379 e. The number of hydrogen-bond donors (Lipinski definition) is 0. The number of methoxy groups -OCH3 is 1. The van der Waals surface area contributed by atoms with Gasteiger partial charge < -0.3 is 14.5 Å². The van der Waals surface area contributed by atoms with Crippen LogP contribution in [0.2, 0.25) is 5.02 Å². The fourth-order valence-electron chi connectivity index (χ4n) is 5.50. The largest absolute Gasteiger partial charge is 0.417 e. The summed E-state index contributed by atoms with van der Waals surface area (Å²) in [6, 6.07) is 3.76. The van der Waals surface area contributed by atoms with E-state index in [1.807, 2.05) is 13.8 Å². The first-order valence-electron chi connectivity index (χ1n) is 12.8. The second-order valence-electron chi connectivity index (χ2n) is 10.2. The molecule has 3 atom stereocenters. The van der Waals surface area contributed by atoms with Crippen molar-refractivity contribution in [2.45, 2.75) is 49.7 Å². The Balaban J connectivity index is 1.84. The molecule has 2 aliphatic rings. The van der Waals surface area contributed by atoms with Gasteiger partial charge in [-0.1, -0.05) is 24.2 Å². The Morgan fingerprint density at radius 1 is 1.20 bits per heavy atom. The Kier molecular flexibility index (Phi) is 7.86. The summed E-state index contributed by atoms with van der Waals surface area (Å²) in [6.45, 7) is 7.79. The van der Waals surface area contributed by atoms with Crippen LogP contribution >= 0.6 is 23.4 Å². The van der Waals surface area contributed by atoms with Crippen LogP contribution in [0.25, 0.3) is 22.0 Å². The quantitative estimate of drug-likeness (QED) is 0.283. The number of amides is 1. The molecule has 2 aromatic carbocycles. The van der Waals surface area contributed by atoms with E-state index in [1.54, 1.807) is 9.80 Å². The monoisotopic (exact) mass is 610 g/mol. The van der Waals surface area contributed by atoms with Crippen molar-refractivity contribution in [1.82, 2.24) is 14.5 Å². The van der Waals surface area contributed by atoms with Crippen LogP contribution in [0.15, 0.2) is 46.6 Å². The van der Waals surface area contributed by atoms with E-state index < -0.39 is 29.4 Å². The van der Waals surface area contributed by atoms with E-state index in [4.69, 9.17) is 16.3 Å². The van der Waals surface area contributed by atoms with Crippen LogP contribution in [0.1, 0.15) is 19.4 Å². The van der Waals surface area contributed by atoms with E-state index in [0.29, 0.717) is 0 Å². The van der Waals surface area contributed by atoms with Crippen LogP contribution in [0.5, 0.6) is 0 Å². The van der Waals surface area contributed by atoms with Crippen LogP contribution in [0, 0.1) is 5.82 Å². The van der Waals surface area contributed by atoms with Gasteiger partial charge in [-0.3, -0.25) is 9.36 Å². The Morgan fingerprint density at radius 3 is 2.56 bits per heavy atom. The van der Waals surface area contributed by atoms with Crippen molar-refractivity contribution in [1.29, 1.82) is 0 Å². The average molecular weight is 611 g/mol. The highest BCUT2D eigenvalue weighted by molar-refractivity contribution is 7.99. The molecule has 0 bridgehead atoms. The number of benzene rings is 2. The molecule has 0 aliphatic carbocycles. The van der Waals surface area contributed by atoms with Crippen LogP contribution in [0.3, 0.4) is 0 Å². The van der Waals surface area contributed by atoms with E-state index in [0.717, 1.165) is 30.0 Å². The molecule has 41 heavy (non-hydrogen) atoms. The number of anilines is 1. The number of alkyl halides is 3. The summed E-state index contributed by atoms with van der Waals surface area (Å²) in [5.74, 6) is -0.642. The highest BCUT2D eigenvalue weighted by Gasteiger charge is 2.40. The zero-order valence-corrected chi connectivity index (χ0v) is 24.0. The molecule has 1 fully saturated rings. The number of hydrogen-bond acceptors (Lipinski definition) is 6. The number of aromatic nitrogens is 2. The Morgan fingerprint density at radius 2 is 1.93 bits per heavy atom. The summed E-state index contributed by atoms with van der Waals surface area (Å²) in [5.41, 5.74) is -1.43. The van der Waals surface area contributed by atoms with Crippen LogP contribution in [0.4, 0.5) is 23.4 Å². The summed E-state index contributed by atoms with van der Waals surface area (Å²) >= 11 is 7.14. The van der Waals surface area contributed by atoms with Crippen molar-refractivity contribution in [3.8, 4) is 11.1 Å². The Hall–Kier alpha value is -3.09. The van der Waals surface area contributed by atoms with Crippen molar-refractivity contribution in [2.24, 2.45) is 0 Å². The van der Waals surface area contributed by atoms with Crippen molar-refractivity contribution < 1.29 is 27.1 Å². The van der Waals surface area contributed by atoms with E-state index in [-0.39, 0.29) is 81.1 Å². The molecule has 7 nitrogen and oxygen atoms in total. The summed E-state index contributed by atoms with van der Waals surface area (Å²) in [7, 11) is 1.47. The Labute approximate surface area is 242 Å². The fourth-order valence-corrected chi connectivity index (χ4v) is 7.01. The average Bonchev–Trinajstić information content (AvgIpc) is 3.13. The minimum Gasteiger partial charge on any atom is -0.379 e. The lowest BCUT2D eigenvalue weighted by Crippen LogP contribution is -2.58. The van der Waals surface area contributed by atoms with Crippen molar-refractivity contribution in [3.63, 3.8) is 0 Å². The number of piperazine rings is 1. The standard InChI is InChI=1S/C28H27ClF4N4O3S/c1-5-22(38)35-10-15(3)36(11-14(35)2)26-18-9-19(28(31,32)33)23(16-6-7-21(30)20(29)8-16)25-24(18)37(27(39)34-26)12-17(40-4)13-41-25/h5-9,14-15,17H,1,10-13H2,2-4H3/t14-,15+,17+/m1/s1. The first-order valence-corrected chi connectivity index (χ1v) is 14.2.